The van der Waals surface area contributed by atoms with Crippen LogP contribution in [0.15, 0.2) is 42.5 Å². The molecule has 2 aliphatic heterocycles. The van der Waals surface area contributed by atoms with Gasteiger partial charge >= 0.3 is 6.18 Å². The molecular weight excluding hydrogens is 455 g/mol. The minimum Gasteiger partial charge on any atom is -0.371 e. The van der Waals surface area contributed by atoms with E-state index in [1.165, 1.54) is 23.4 Å². The van der Waals surface area contributed by atoms with Crippen molar-refractivity contribution < 1.29 is 18.0 Å². The number of benzene rings is 2. The number of hydrogen-bond acceptors (Lipinski definition) is 4. The van der Waals surface area contributed by atoms with Crippen molar-refractivity contribution in [3.05, 3.63) is 59.4 Å². The molecule has 186 valence electrons. The maximum absolute atomic E-state index is 13.2. The predicted molar refractivity (Wildman–Crippen MR) is 129 cm³/mol. The van der Waals surface area contributed by atoms with E-state index in [1.807, 2.05) is 0 Å². The third kappa shape index (κ3) is 5.29. The van der Waals surface area contributed by atoms with Gasteiger partial charge in [-0.05, 0) is 56.0 Å². The number of carbonyl (C=O) groups is 1. The summed E-state index contributed by atoms with van der Waals surface area (Å²) in [6.07, 6.45) is -1.50. The number of nitrogens with zero attached hydrogens (tertiary/aromatic N) is 3. The van der Waals surface area contributed by atoms with Gasteiger partial charge in [-0.15, -0.1) is 0 Å². The Morgan fingerprint density at radius 1 is 1.11 bits per heavy atom. The Balaban J connectivity index is 1.13. The van der Waals surface area contributed by atoms with E-state index in [0.717, 1.165) is 51.5 Å². The number of nitrogens with one attached hydrogen (secondary N) is 2. The average molecular weight is 486 g/mol. The zero-order valence-electron chi connectivity index (χ0n) is 19.7. The first-order chi connectivity index (χ1) is 16.8. The molecule has 1 aromatic heterocycles. The van der Waals surface area contributed by atoms with Crippen LogP contribution in [0.25, 0.3) is 11.0 Å². The van der Waals surface area contributed by atoms with E-state index >= 15 is 0 Å². The van der Waals surface area contributed by atoms with Crippen molar-refractivity contribution in [1.29, 1.82) is 0 Å². The molecule has 0 aliphatic carbocycles. The maximum atomic E-state index is 13.2. The van der Waals surface area contributed by atoms with Crippen LogP contribution in [0, 0.1) is 6.92 Å². The van der Waals surface area contributed by atoms with Crippen LogP contribution in [0.4, 0.5) is 18.9 Å². The van der Waals surface area contributed by atoms with Crippen molar-refractivity contribution in [2.45, 2.75) is 50.9 Å². The zero-order valence-corrected chi connectivity index (χ0v) is 19.7. The smallest absolute Gasteiger partial charge is 0.371 e. The van der Waals surface area contributed by atoms with Crippen LogP contribution in [0.2, 0.25) is 0 Å². The monoisotopic (exact) mass is 485 g/mol. The Labute approximate surface area is 202 Å². The predicted octanol–water partition coefficient (Wildman–Crippen LogP) is 4.29. The third-order valence-corrected chi connectivity index (χ3v) is 7.13. The lowest BCUT2D eigenvalue weighted by Gasteiger charge is -2.38. The first kappa shape index (κ1) is 23.7. The molecule has 35 heavy (non-hydrogen) atoms. The number of H-pyrrole nitrogens is 1. The van der Waals surface area contributed by atoms with Crippen molar-refractivity contribution in [1.82, 2.24) is 20.2 Å². The quantitative estimate of drug-likeness (QED) is 0.566. The summed E-state index contributed by atoms with van der Waals surface area (Å²) in [6, 6.07) is 13.1. The number of aryl methyl sites for hydroxylation is 1. The fraction of sp³-hybridized carbons (Fsp3) is 0.462. The maximum Gasteiger partial charge on any atom is 0.418 e. The Morgan fingerprint density at radius 3 is 2.63 bits per heavy atom. The lowest BCUT2D eigenvalue weighted by atomic mass is 10.0. The summed E-state index contributed by atoms with van der Waals surface area (Å²) in [4.78, 5) is 24.5. The van der Waals surface area contributed by atoms with Gasteiger partial charge in [0.25, 0.3) is 0 Å². The summed E-state index contributed by atoms with van der Waals surface area (Å²) in [5, 5.41) is 3.05. The van der Waals surface area contributed by atoms with Gasteiger partial charge in [0.2, 0.25) is 5.91 Å². The number of imidazole rings is 1. The highest BCUT2D eigenvalue weighted by atomic mass is 19.4. The summed E-state index contributed by atoms with van der Waals surface area (Å²) in [5.41, 5.74) is 1.89. The number of aromatic amines is 1. The number of carbonyl (C=O) groups excluding carboxylic acids is 1. The van der Waals surface area contributed by atoms with E-state index in [4.69, 9.17) is 0 Å². The largest absolute Gasteiger partial charge is 0.418 e. The van der Waals surface area contributed by atoms with Crippen molar-refractivity contribution in [2.24, 2.45) is 0 Å². The van der Waals surface area contributed by atoms with Gasteiger partial charge < -0.3 is 15.2 Å². The number of rotatable bonds is 5. The van der Waals surface area contributed by atoms with Crippen LogP contribution in [-0.4, -0.2) is 59.0 Å². The minimum absolute atomic E-state index is 0.0485. The normalized spacial score (nSPS) is 20.0. The molecule has 2 saturated heterocycles. The second kappa shape index (κ2) is 9.53. The van der Waals surface area contributed by atoms with Gasteiger partial charge in [-0.1, -0.05) is 18.2 Å². The average Bonchev–Trinajstić information content (AvgIpc) is 3.44. The number of halogens is 3. The van der Waals surface area contributed by atoms with Crippen molar-refractivity contribution in [2.75, 3.05) is 31.1 Å². The summed E-state index contributed by atoms with van der Waals surface area (Å²) < 4.78 is 39.7. The molecule has 3 heterocycles. The highest BCUT2D eigenvalue weighted by Gasteiger charge is 2.34. The number of fused-ring (bicyclic) bond motifs is 1. The number of amides is 1. The van der Waals surface area contributed by atoms with Crippen LogP contribution in [0.1, 0.15) is 36.2 Å². The highest BCUT2D eigenvalue weighted by molar-refractivity contribution is 5.82. The molecule has 3 aromatic rings. The van der Waals surface area contributed by atoms with Crippen LogP contribution >= 0.6 is 0 Å². The molecule has 2 aliphatic rings. The number of para-hydroxylation sites is 1. The van der Waals surface area contributed by atoms with Gasteiger partial charge in [0.1, 0.15) is 11.3 Å². The number of anilines is 1. The van der Waals surface area contributed by atoms with E-state index in [9.17, 15) is 18.0 Å². The van der Waals surface area contributed by atoms with E-state index < -0.39 is 11.7 Å². The number of hydrogen-bond donors (Lipinski definition) is 2. The molecule has 1 atom stereocenters. The first-order valence-electron chi connectivity index (χ1n) is 12.2. The Kier molecular flexibility index (Phi) is 6.44. The van der Waals surface area contributed by atoms with E-state index in [0.29, 0.717) is 6.04 Å². The molecule has 2 fully saturated rings. The molecule has 0 spiro atoms. The Morgan fingerprint density at radius 2 is 1.89 bits per heavy atom. The van der Waals surface area contributed by atoms with E-state index in [2.05, 4.69) is 56.3 Å². The number of alkyl halides is 3. The molecule has 1 unspecified atom stereocenters. The molecule has 6 nitrogen and oxygen atoms in total. The fourth-order valence-corrected chi connectivity index (χ4v) is 5.38. The van der Waals surface area contributed by atoms with Crippen molar-refractivity contribution in [3.8, 4) is 0 Å². The summed E-state index contributed by atoms with van der Waals surface area (Å²) in [5.74, 6) is 0.0197. The fourth-order valence-electron chi connectivity index (χ4n) is 5.38. The molecule has 0 radical (unpaired) electrons. The molecule has 1 amide bonds. The van der Waals surface area contributed by atoms with E-state index in [-0.39, 0.29) is 35.2 Å². The minimum atomic E-state index is -4.49. The topological polar surface area (TPSA) is 64.3 Å². The lowest BCUT2D eigenvalue weighted by Crippen LogP contribution is -2.45. The van der Waals surface area contributed by atoms with Gasteiger partial charge in [0.05, 0.1) is 17.5 Å². The highest BCUT2D eigenvalue weighted by Crippen LogP contribution is 2.33. The molecule has 5 rings (SSSR count). The number of likely N-dealkylation sites (tertiary alicyclic amines) is 1. The summed E-state index contributed by atoms with van der Waals surface area (Å²) >= 11 is 0. The molecule has 0 bridgehead atoms. The second-order valence-corrected chi connectivity index (χ2v) is 9.67. The zero-order chi connectivity index (χ0) is 24.6. The summed E-state index contributed by atoms with van der Waals surface area (Å²) in [6.45, 7) is 5.91. The summed E-state index contributed by atoms with van der Waals surface area (Å²) in [7, 11) is 0. The van der Waals surface area contributed by atoms with Gasteiger partial charge in [0, 0.05) is 44.0 Å². The van der Waals surface area contributed by atoms with Crippen LogP contribution in [0.3, 0.4) is 0 Å². The molecule has 0 saturated carbocycles. The third-order valence-electron chi connectivity index (χ3n) is 7.13. The van der Waals surface area contributed by atoms with Gasteiger partial charge in [0.15, 0.2) is 0 Å². The lowest BCUT2D eigenvalue weighted by molar-refractivity contribution is -0.136. The first-order valence-corrected chi connectivity index (χ1v) is 12.2. The van der Waals surface area contributed by atoms with Crippen molar-refractivity contribution in [3.63, 3.8) is 0 Å². The van der Waals surface area contributed by atoms with Gasteiger partial charge in [-0.3, -0.25) is 9.69 Å². The molecule has 2 aromatic carbocycles. The van der Waals surface area contributed by atoms with Crippen LogP contribution in [-0.2, 0) is 17.4 Å². The Bertz CT molecular complexity index is 1200. The SMILES string of the molecule is Cc1cccc(N2CCC(N3CCC(NC(=O)Cc4nc5c(C(F)(F)F)cccc5[nH]4)C3)CC2)c1. The molecular formula is C26H30F3N5O. The van der Waals surface area contributed by atoms with Crippen LogP contribution < -0.4 is 10.2 Å². The number of aromatic nitrogens is 2. The second-order valence-electron chi connectivity index (χ2n) is 9.67. The van der Waals surface area contributed by atoms with Crippen molar-refractivity contribution >= 4 is 22.6 Å². The molecule has 2 N–H and O–H groups in total. The van der Waals surface area contributed by atoms with Gasteiger partial charge in [-0.25, -0.2) is 4.98 Å². The van der Waals surface area contributed by atoms with Gasteiger partial charge in [-0.2, -0.15) is 13.2 Å². The number of piperidine rings is 1. The molecule has 9 heteroatoms. The Hall–Kier alpha value is -3.07. The van der Waals surface area contributed by atoms with Crippen LogP contribution in [0.5, 0.6) is 0 Å². The van der Waals surface area contributed by atoms with E-state index in [1.54, 1.807) is 0 Å². The standard InChI is InChI=1S/C26H30F3N5O/c1-17-4-2-5-20(14-17)33-12-9-19(10-13-33)34-11-8-18(16-34)30-24(35)15-23-31-22-7-3-6-21(25(22)32-23)26(27,28)29/h2-7,14,18-19H,8-13,15-16H2,1H3,(H,30,35)(H,31,32).